The number of nitrogens with one attached hydrogen (secondary N) is 1. The number of nitrogens with zero attached hydrogens (tertiary/aromatic N) is 1. The molecule has 1 saturated carbocycles. The monoisotopic (exact) mass is 296 g/mol. The van der Waals surface area contributed by atoms with Crippen molar-refractivity contribution < 1.29 is 9.53 Å². The number of carbonyl (C=O) groups is 1. The second kappa shape index (κ2) is 7.59. The fourth-order valence-corrected chi connectivity index (χ4v) is 4.04. The van der Waals surface area contributed by atoms with Gasteiger partial charge in [0, 0.05) is 12.6 Å². The number of methoxy groups -OCH3 is 1. The van der Waals surface area contributed by atoms with E-state index in [4.69, 9.17) is 4.74 Å². The number of carbonyl (C=O) groups excluding carboxylic acids is 1. The van der Waals surface area contributed by atoms with Gasteiger partial charge in [-0.2, -0.15) is 0 Å². The van der Waals surface area contributed by atoms with Gasteiger partial charge in [-0.15, -0.1) is 0 Å². The van der Waals surface area contributed by atoms with Crippen molar-refractivity contribution in [1.29, 1.82) is 0 Å². The van der Waals surface area contributed by atoms with E-state index in [-0.39, 0.29) is 5.97 Å². The zero-order chi connectivity index (χ0) is 15.3. The summed E-state index contributed by atoms with van der Waals surface area (Å²) < 4.78 is 5.01. The van der Waals surface area contributed by atoms with Crippen LogP contribution < -0.4 is 5.32 Å². The Labute approximate surface area is 129 Å². The average Bonchev–Trinajstić information content (AvgIpc) is 2.93. The Balaban J connectivity index is 1.90. The van der Waals surface area contributed by atoms with Gasteiger partial charge in [0.1, 0.15) is 5.54 Å². The van der Waals surface area contributed by atoms with Gasteiger partial charge in [0.25, 0.3) is 0 Å². The highest BCUT2D eigenvalue weighted by atomic mass is 16.5. The van der Waals surface area contributed by atoms with E-state index in [1.54, 1.807) is 0 Å². The van der Waals surface area contributed by atoms with Gasteiger partial charge >= 0.3 is 5.97 Å². The van der Waals surface area contributed by atoms with E-state index in [2.05, 4.69) is 17.1 Å². The standard InChI is InChI=1S/C17H32N2O2/c1-4-11-18-17(2,16(20)21-3)10-13-19-12-9-14-7-5-6-8-15(14)19/h14-15,18H,4-13H2,1-3H3. The molecular weight excluding hydrogens is 264 g/mol. The van der Waals surface area contributed by atoms with Crippen LogP contribution in [-0.4, -0.2) is 49.2 Å². The molecule has 4 heteroatoms. The highest BCUT2D eigenvalue weighted by molar-refractivity contribution is 5.80. The van der Waals surface area contributed by atoms with Gasteiger partial charge in [0.15, 0.2) is 0 Å². The van der Waals surface area contributed by atoms with Crippen molar-refractivity contribution in [2.75, 3.05) is 26.7 Å². The minimum absolute atomic E-state index is 0.129. The maximum Gasteiger partial charge on any atom is 0.325 e. The van der Waals surface area contributed by atoms with Gasteiger partial charge in [-0.3, -0.25) is 4.79 Å². The predicted molar refractivity (Wildman–Crippen MR) is 85.3 cm³/mol. The lowest BCUT2D eigenvalue weighted by Gasteiger charge is -2.35. The van der Waals surface area contributed by atoms with Crippen molar-refractivity contribution in [3.63, 3.8) is 0 Å². The Morgan fingerprint density at radius 2 is 2.10 bits per heavy atom. The second-order valence-corrected chi connectivity index (χ2v) is 6.94. The number of rotatable bonds is 7. The number of hydrogen-bond donors (Lipinski definition) is 1. The fraction of sp³-hybridized carbons (Fsp3) is 0.941. The van der Waals surface area contributed by atoms with E-state index in [9.17, 15) is 4.79 Å². The summed E-state index contributed by atoms with van der Waals surface area (Å²) in [5.74, 6) is 0.780. The number of esters is 1. The van der Waals surface area contributed by atoms with Crippen LogP contribution in [-0.2, 0) is 9.53 Å². The Morgan fingerprint density at radius 1 is 1.33 bits per heavy atom. The molecule has 4 nitrogen and oxygen atoms in total. The molecule has 2 fully saturated rings. The third-order valence-corrected chi connectivity index (χ3v) is 5.43. The first-order valence-electron chi connectivity index (χ1n) is 8.68. The zero-order valence-corrected chi connectivity index (χ0v) is 14.0. The van der Waals surface area contributed by atoms with E-state index in [0.29, 0.717) is 0 Å². The molecule has 122 valence electrons. The van der Waals surface area contributed by atoms with Crippen LogP contribution >= 0.6 is 0 Å². The van der Waals surface area contributed by atoms with Crippen LogP contribution in [0.3, 0.4) is 0 Å². The van der Waals surface area contributed by atoms with Crippen molar-refractivity contribution in [1.82, 2.24) is 10.2 Å². The van der Waals surface area contributed by atoms with Crippen molar-refractivity contribution >= 4 is 5.97 Å². The van der Waals surface area contributed by atoms with Crippen LogP contribution in [0.2, 0.25) is 0 Å². The fourth-order valence-electron chi connectivity index (χ4n) is 4.04. The molecule has 2 rings (SSSR count). The Hall–Kier alpha value is -0.610. The van der Waals surface area contributed by atoms with E-state index < -0.39 is 5.54 Å². The highest BCUT2D eigenvalue weighted by Crippen LogP contribution is 2.36. The van der Waals surface area contributed by atoms with E-state index >= 15 is 0 Å². The lowest BCUT2D eigenvalue weighted by molar-refractivity contribution is -0.148. The molecule has 3 atom stereocenters. The summed E-state index contributed by atoms with van der Waals surface area (Å²) in [4.78, 5) is 14.7. The van der Waals surface area contributed by atoms with Crippen molar-refractivity contribution in [2.24, 2.45) is 5.92 Å². The largest absolute Gasteiger partial charge is 0.468 e. The normalized spacial score (nSPS) is 28.9. The quantitative estimate of drug-likeness (QED) is 0.733. The molecule has 1 heterocycles. The first-order chi connectivity index (χ1) is 10.1. The molecule has 0 aromatic carbocycles. The lowest BCUT2D eigenvalue weighted by Crippen LogP contribution is -2.52. The SMILES string of the molecule is CCCNC(C)(CCN1CCC2CCCCC21)C(=O)OC. The molecule has 0 aromatic heterocycles. The minimum Gasteiger partial charge on any atom is -0.468 e. The van der Waals surface area contributed by atoms with Gasteiger partial charge in [0.05, 0.1) is 7.11 Å². The van der Waals surface area contributed by atoms with E-state index in [1.165, 1.54) is 45.8 Å². The summed E-state index contributed by atoms with van der Waals surface area (Å²) in [7, 11) is 1.49. The third-order valence-electron chi connectivity index (χ3n) is 5.43. The number of ether oxygens (including phenoxy) is 1. The molecule has 0 spiro atoms. The van der Waals surface area contributed by atoms with Gasteiger partial charge in [-0.1, -0.05) is 19.8 Å². The number of hydrogen-bond acceptors (Lipinski definition) is 4. The van der Waals surface area contributed by atoms with Gasteiger partial charge < -0.3 is 15.0 Å². The summed E-state index contributed by atoms with van der Waals surface area (Å²) in [5.41, 5.74) is -0.544. The average molecular weight is 296 g/mol. The molecule has 0 bridgehead atoms. The molecule has 21 heavy (non-hydrogen) atoms. The molecule has 3 unspecified atom stereocenters. The predicted octanol–water partition coefficient (Wildman–Crippen LogP) is 2.57. The Kier molecular flexibility index (Phi) is 6.06. The Bertz CT molecular complexity index is 348. The van der Waals surface area contributed by atoms with E-state index in [1.807, 2.05) is 6.92 Å². The molecule has 1 aliphatic heterocycles. The molecule has 0 amide bonds. The van der Waals surface area contributed by atoms with Crippen LogP contribution in [0.15, 0.2) is 0 Å². The van der Waals surface area contributed by atoms with Gasteiger partial charge in [-0.25, -0.2) is 0 Å². The second-order valence-electron chi connectivity index (χ2n) is 6.94. The molecular formula is C17H32N2O2. The summed E-state index contributed by atoms with van der Waals surface area (Å²) >= 11 is 0. The number of fused-ring (bicyclic) bond motifs is 1. The van der Waals surface area contributed by atoms with Crippen LogP contribution in [0.4, 0.5) is 0 Å². The van der Waals surface area contributed by atoms with Gasteiger partial charge in [0.2, 0.25) is 0 Å². The third kappa shape index (κ3) is 3.98. The molecule has 2 aliphatic rings. The summed E-state index contributed by atoms with van der Waals surface area (Å²) in [5, 5.41) is 3.39. The van der Waals surface area contributed by atoms with Crippen molar-refractivity contribution in [3.05, 3.63) is 0 Å². The smallest absolute Gasteiger partial charge is 0.325 e. The maximum absolute atomic E-state index is 12.1. The summed E-state index contributed by atoms with van der Waals surface area (Å²) in [6, 6.07) is 0.770. The number of likely N-dealkylation sites (tertiary alicyclic amines) is 1. The van der Waals surface area contributed by atoms with Crippen LogP contribution in [0.5, 0.6) is 0 Å². The summed E-state index contributed by atoms with van der Waals surface area (Å²) in [6.07, 6.45) is 8.75. The first kappa shape index (κ1) is 16.8. The molecule has 0 radical (unpaired) electrons. The van der Waals surface area contributed by atoms with Crippen LogP contribution in [0.1, 0.15) is 58.8 Å². The first-order valence-corrected chi connectivity index (χ1v) is 8.68. The Morgan fingerprint density at radius 3 is 2.81 bits per heavy atom. The van der Waals surface area contributed by atoms with Crippen LogP contribution in [0, 0.1) is 5.92 Å². The molecule has 0 aromatic rings. The van der Waals surface area contributed by atoms with Crippen molar-refractivity contribution in [2.45, 2.75) is 70.4 Å². The molecule has 1 aliphatic carbocycles. The van der Waals surface area contributed by atoms with Crippen LogP contribution in [0.25, 0.3) is 0 Å². The summed E-state index contributed by atoms with van der Waals surface area (Å²) in [6.45, 7) is 7.18. The lowest BCUT2D eigenvalue weighted by atomic mass is 9.85. The topological polar surface area (TPSA) is 41.6 Å². The van der Waals surface area contributed by atoms with E-state index in [0.717, 1.165) is 37.9 Å². The molecule has 1 saturated heterocycles. The molecule has 1 N–H and O–H groups in total. The zero-order valence-electron chi connectivity index (χ0n) is 14.0. The maximum atomic E-state index is 12.1. The van der Waals surface area contributed by atoms with Gasteiger partial charge in [-0.05, 0) is 58.0 Å². The van der Waals surface area contributed by atoms with Crippen molar-refractivity contribution in [3.8, 4) is 0 Å². The minimum atomic E-state index is -0.544. The highest BCUT2D eigenvalue weighted by Gasteiger charge is 2.38.